The zero-order valence-electron chi connectivity index (χ0n) is 17.2. The number of nitrogens with one attached hydrogen (secondary N) is 1. The van der Waals surface area contributed by atoms with E-state index in [0.29, 0.717) is 13.1 Å². The van der Waals surface area contributed by atoms with Gasteiger partial charge in [0.25, 0.3) is 0 Å². The lowest BCUT2D eigenvalue weighted by molar-refractivity contribution is 0.233. The molecule has 0 amide bonds. The Labute approximate surface area is 179 Å². The van der Waals surface area contributed by atoms with Crippen LogP contribution in [0.2, 0.25) is 0 Å². The Morgan fingerprint density at radius 3 is 2.10 bits per heavy atom. The van der Waals surface area contributed by atoms with Crippen molar-refractivity contribution in [2.24, 2.45) is 0 Å². The van der Waals surface area contributed by atoms with Crippen LogP contribution in [0.3, 0.4) is 0 Å². The summed E-state index contributed by atoms with van der Waals surface area (Å²) in [6.07, 6.45) is 3.54. The summed E-state index contributed by atoms with van der Waals surface area (Å²) >= 11 is 0. The van der Waals surface area contributed by atoms with E-state index in [0.717, 1.165) is 31.5 Å². The molecular formula is C21H29N3O4S2. The van der Waals surface area contributed by atoms with Crippen LogP contribution in [-0.2, 0) is 26.6 Å². The molecule has 1 N–H and O–H groups in total. The molecule has 30 heavy (non-hydrogen) atoms. The normalized spacial score (nSPS) is 16.1. The minimum Gasteiger partial charge on any atom is -0.302 e. The monoisotopic (exact) mass is 451 g/mol. The van der Waals surface area contributed by atoms with E-state index in [4.69, 9.17) is 0 Å². The lowest BCUT2D eigenvalue weighted by Crippen LogP contribution is -2.37. The van der Waals surface area contributed by atoms with E-state index in [9.17, 15) is 16.8 Å². The third kappa shape index (κ3) is 5.89. The maximum Gasteiger partial charge on any atom is 0.243 e. The molecule has 0 aliphatic carbocycles. The van der Waals surface area contributed by atoms with Crippen LogP contribution < -0.4 is 4.72 Å². The summed E-state index contributed by atoms with van der Waals surface area (Å²) in [5, 5.41) is 0. The van der Waals surface area contributed by atoms with Crippen molar-refractivity contribution in [3.8, 4) is 0 Å². The molecule has 0 radical (unpaired) electrons. The fourth-order valence-corrected chi connectivity index (χ4v) is 5.68. The maximum absolute atomic E-state index is 12.8. The molecule has 3 rings (SSSR count). The first kappa shape index (κ1) is 22.9. The van der Waals surface area contributed by atoms with Gasteiger partial charge in [-0.3, -0.25) is 0 Å². The van der Waals surface area contributed by atoms with E-state index in [1.165, 1.54) is 42.0 Å². The first-order valence-electron chi connectivity index (χ1n) is 10.1. The average Bonchev–Trinajstić information content (AvgIpc) is 2.75. The zero-order valence-corrected chi connectivity index (χ0v) is 18.8. The molecule has 0 aromatic heterocycles. The van der Waals surface area contributed by atoms with Gasteiger partial charge in [-0.2, -0.15) is 4.31 Å². The van der Waals surface area contributed by atoms with E-state index in [1.807, 2.05) is 30.3 Å². The van der Waals surface area contributed by atoms with Crippen LogP contribution in [0, 0.1) is 0 Å². The quantitative estimate of drug-likeness (QED) is 0.632. The molecule has 0 bridgehead atoms. The first-order valence-corrected chi connectivity index (χ1v) is 13.0. The number of hydrogen-bond donors (Lipinski definition) is 1. The molecule has 0 saturated carbocycles. The second-order valence-electron chi connectivity index (χ2n) is 7.52. The minimum absolute atomic E-state index is 0.0609. The SMILES string of the molecule is CN(Cc1ccccc1)S(=O)(=O)c1ccc(S(=O)(=O)NCCN2CCCCC2)cc1. The maximum atomic E-state index is 12.8. The molecule has 1 heterocycles. The van der Waals surface area contributed by atoms with Gasteiger partial charge < -0.3 is 4.90 Å². The number of sulfonamides is 2. The summed E-state index contributed by atoms with van der Waals surface area (Å²) in [5.74, 6) is 0. The standard InChI is InChI=1S/C21H29N3O4S2/c1-23(18-19-8-4-2-5-9-19)30(27,28)21-12-10-20(11-13-21)29(25,26)22-14-17-24-15-6-3-7-16-24/h2,4-5,8-13,22H,3,6-7,14-18H2,1H3. The number of nitrogens with zero attached hydrogens (tertiary/aromatic N) is 2. The van der Waals surface area contributed by atoms with Gasteiger partial charge in [-0.05, 0) is 55.8 Å². The first-order chi connectivity index (χ1) is 14.3. The molecular weight excluding hydrogens is 422 g/mol. The topological polar surface area (TPSA) is 86.8 Å². The second-order valence-corrected chi connectivity index (χ2v) is 11.3. The lowest BCUT2D eigenvalue weighted by Gasteiger charge is -2.26. The third-order valence-electron chi connectivity index (χ3n) is 5.26. The zero-order chi connectivity index (χ0) is 21.6. The Morgan fingerprint density at radius 2 is 1.47 bits per heavy atom. The Morgan fingerprint density at radius 1 is 0.867 bits per heavy atom. The molecule has 0 spiro atoms. The summed E-state index contributed by atoms with van der Waals surface area (Å²) < 4.78 is 54.5. The Bertz CT molecular complexity index is 1020. The van der Waals surface area contributed by atoms with Crippen LogP contribution in [0.5, 0.6) is 0 Å². The highest BCUT2D eigenvalue weighted by Gasteiger charge is 2.22. The van der Waals surface area contributed by atoms with Crippen molar-refractivity contribution in [1.29, 1.82) is 0 Å². The Kier molecular flexibility index (Phi) is 7.65. The van der Waals surface area contributed by atoms with Gasteiger partial charge in [0.2, 0.25) is 20.0 Å². The molecule has 1 saturated heterocycles. The van der Waals surface area contributed by atoms with Crippen molar-refractivity contribution in [3.63, 3.8) is 0 Å². The molecule has 164 valence electrons. The summed E-state index contributed by atoms with van der Waals surface area (Å²) in [6, 6.07) is 14.7. The van der Waals surface area contributed by atoms with Gasteiger partial charge in [-0.15, -0.1) is 0 Å². The van der Waals surface area contributed by atoms with Gasteiger partial charge >= 0.3 is 0 Å². The predicted octanol–water partition coefficient (Wildman–Crippen LogP) is 2.27. The Hall–Kier alpha value is -1.78. The molecule has 0 atom stereocenters. The molecule has 1 aliphatic rings. The van der Waals surface area contributed by atoms with Crippen LogP contribution in [0.25, 0.3) is 0 Å². The number of piperidine rings is 1. The van der Waals surface area contributed by atoms with Crippen LogP contribution in [0.15, 0.2) is 64.4 Å². The van der Waals surface area contributed by atoms with Gasteiger partial charge in [-0.25, -0.2) is 21.6 Å². The summed E-state index contributed by atoms with van der Waals surface area (Å²) in [6.45, 7) is 3.26. The van der Waals surface area contributed by atoms with Gasteiger partial charge in [0.05, 0.1) is 9.79 Å². The predicted molar refractivity (Wildman–Crippen MR) is 117 cm³/mol. The number of benzene rings is 2. The van der Waals surface area contributed by atoms with Crippen LogP contribution in [-0.4, -0.2) is 59.3 Å². The molecule has 1 fully saturated rings. The molecule has 1 aliphatic heterocycles. The number of rotatable bonds is 9. The minimum atomic E-state index is -3.72. The smallest absolute Gasteiger partial charge is 0.243 e. The van der Waals surface area contributed by atoms with E-state index in [1.54, 1.807) is 0 Å². The average molecular weight is 452 g/mol. The van der Waals surface area contributed by atoms with E-state index >= 15 is 0 Å². The van der Waals surface area contributed by atoms with Gasteiger partial charge in [-0.1, -0.05) is 36.8 Å². The summed E-state index contributed by atoms with van der Waals surface area (Å²) in [4.78, 5) is 2.38. The fraction of sp³-hybridized carbons (Fsp3) is 0.429. The second kappa shape index (κ2) is 10.0. The highest BCUT2D eigenvalue weighted by Crippen LogP contribution is 2.19. The molecule has 2 aromatic rings. The number of hydrogen-bond acceptors (Lipinski definition) is 5. The van der Waals surface area contributed by atoms with Crippen molar-refractivity contribution in [2.45, 2.75) is 35.6 Å². The molecule has 0 unspecified atom stereocenters. The van der Waals surface area contributed by atoms with E-state index < -0.39 is 20.0 Å². The van der Waals surface area contributed by atoms with Crippen LogP contribution in [0.1, 0.15) is 24.8 Å². The summed E-state index contributed by atoms with van der Waals surface area (Å²) in [5.41, 5.74) is 0.876. The van der Waals surface area contributed by atoms with Crippen molar-refractivity contribution in [3.05, 3.63) is 60.2 Å². The number of likely N-dealkylation sites (tertiary alicyclic amines) is 1. The third-order valence-corrected chi connectivity index (χ3v) is 8.55. The van der Waals surface area contributed by atoms with Crippen molar-refractivity contribution < 1.29 is 16.8 Å². The molecule has 7 nitrogen and oxygen atoms in total. The van der Waals surface area contributed by atoms with Crippen molar-refractivity contribution in [1.82, 2.24) is 13.9 Å². The van der Waals surface area contributed by atoms with Crippen LogP contribution in [0.4, 0.5) is 0 Å². The molecule has 2 aromatic carbocycles. The highest BCUT2D eigenvalue weighted by atomic mass is 32.2. The van der Waals surface area contributed by atoms with Crippen molar-refractivity contribution >= 4 is 20.0 Å². The van der Waals surface area contributed by atoms with Crippen molar-refractivity contribution in [2.75, 3.05) is 33.2 Å². The Balaban J connectivity index is 1.62. The van der Waals surface area contributed by atoms with Crippen LogP contribution >= 0.6 is 0 Å². The fourth-order valence-electron chi connectivity index (χ4n) is 3.50. The van der Waals surface area contributed by atoms with E-state index in [2.05, 4.69) is 9.62 Å². The van der Waals surface area contributed by atoms with Gasteiger partial charge in [0, 0.05) is 26.7 Å². The highest BCUT2D eigenvalue weighted by molar-refractivity contribution is 7.89. The van der Waals surface area contributed by atoms with Gasteiger partial charge in [0.1, 0.15) is 0 Å². The van der Waals surface area contributed by atoms with Gasteiger partial charge in [0.15, 0.2) is 0 Å². The van der Waals surface area contributed by atoms with E-state index in [-0.39, 0.29) is 16.3 Å². The largest absolute Gasteiger partial charge is 0.302 e. The summed E-state index contributed by atoms with van der Waals surface area (Å²) in [7, 11) is -5.89. The lowest BCUT2D eigenvalue weighted by atomic mass is 10.1. The molecule has 9 heteroatoms.